The molecule has 0 bridgehead atoms. The summed E-state index contributed by atoms with van der Waals surface area (Å²) in [5.74, 6) is -0.357. The Morgan fingerprint density at radius 1 is 1.00 bits per heavy atom. The van der Waals surface area contributed by atoms with Crippen LogP contribution in [0.15, 0.2) is 0 Å². The largest absolute Gasteiger partial charge is 0.456 e. The van der Waals surface area contributed by atoms with E-state index >= 15 is 0 Å². The van der Waals surface area contributed by atoms with Crippen LogP contribution in [0.4, 0.5) is 0 Å². The Hall–Kier alpha value is 0.855. The van der Waals surface area contributed by atoms with Gasteiger partial charge in [0.15, 0.2) is 0 Å². The van der Waals surface area contributed by atoms with Crippen LogP contribution in [0.25, 0.3) is 0 Å². The maximum Gasteiger partial charge on any atom is 0.456 e. The van der Waals surface area contributed by atoms with Crippen LogP contribution in [-0.4, -0.2) is 33.3 Å². The monoisotopic (exact) mass is 230 g/mol. The highest BCUT2D eigenvalue weighted by molar-refractivity contribution is 6.47. The second kappa shape index (κ2) is 4.38. The van der Waals surface area contributed by atoms with E-state index in [-0.39, 0.29) is 16.6 Å². The van der Waals surface area contributed by atoms with Gasteiger partial charge in [-0.05, 0) is 12.8 Å². The molecule has 0 spiro atoms. The van der Waals surface area contributed by atoms with Crippen molar-refractivity contribution in [3.8, 4) is 0 Å². The molecular weight excluding hydrogens is 221 g/mol. The van der Waals surface area contributed by atoms with Crippen molar-refractivity contribution in [3.63, 3.8) is 0 Å². The Bertz CT molecular complexity index is 158. The van der Waals surface area contributed by atoms with Crippen molar-refractivity contribution in [1.29, 1.82) is 0 Å². The van der Waals surface area contributed by atoms with Gasteiger partial charge in [0.05, 0.1) is 16.1 Å². The summed E-state index contributed by atoms with van der Waals surface area (Å²) in [6, 6.07) is 0. The van der Waals surface area contributed by atoms with E-state index in [4.69, 9.17) is 44.9 Å². The van der Waals surface area contributed by atoms with Crippen LogP contribution >= 0.6 is 34.8 Å². The lowest BCUT2D eigenvalue weighted by molar-refractivity contribution is 0.356. The molecule has 1 aliphatic rings. The maximum atomic E-state index is 8.92. The first-order valence-electron chi connectivity index (χ1n) is 3.82. The molecule has 2 nitrogen and oxygen atoms in total. The molecular formula is C6H10BCl3O2. The van der Waals surface area contributed by atoms with Gasteiger partial charge in [-0.25, -0.2) is 0 Å². The fraction of sp³-hybridized carbons (Fsp3) is 1.00. The van der Waals surface area contributed by atoms with Gasteiger partial charge in [-0.15, -0.1) is 34.8 Å². The Kier molecular flexibility index (Phi) is 3.99. The Morgan fingerprint density at radius 3 is 2.08 bits per heavy atom. The number of hydrogen-bond donors (Lipinski definition) is 2. The quantitative estimate of drug-likeness (QED) is 0.529. The van der Waals surface area contributed by atoms with Gasteiger partial charge in [0.1, 0.15) is 0 Å². The SMILES string of the molecule is OB(O)C1CCC(Cl)C(Cl)C1Cl. The van der Waals surface area contributed by atoms with Crippen molar-refractivity contribution in [2.75, 3.05) is 0 Å². The third-order valence-electron chi connectivity index (χ3n) is 2.22. The minimum Gasteiger partial charge on any atom is -0.427 e. The molecule has 70 valence electrons. The van der Waals surface area contributed by atoms with Gasteiger partial charge in [-0.1, -0.05) is 0 Å². The highest BCUT2D eigenvalue weighted by atomic mass is 35.5. The predicted octanol–water partition coefficient (Wildman–Crippen LogP) is 1.45. The fourth-order valence-corrected chi connectivity index (χ4v) is 2.52. The van der Waals surface area contributed by atoms with Crippen molar-refractivity contribution in [3.05, 3.63) is 0 Å². The molecule has 1 rings (SSSR count). The summed E-state index contributed by atoms with van der Waals surface area (Å²) < 4.78 is 0. The van der Waals surface area contributed by atoms with E-state index in [1.165, 1.54) is 0 Å². The zero-order valence-corrected chi connectivity index (χ0v) is 8.60. The Balaban J connectivity index is 2.58. The van der Waals surface area contributed by atoms with Crippen molar-refractivity contribution < 1.29 is 10.0 Å². The van der Waals surface area contributed by atoms with Crippen LogP contribution in [0.1, 0.15) is 12.8 Å². The van der Waals surface area contributed by atoms with Crippen LogP contribution in [0, 0.1) is 0 Å². The fourth-order valence-electron chi connectivity index (χ4n) is 1.42. The van der Waals surface area contributed by atoms with Crippen LogP contribution in [0.3, 0.4) is 0 Å². The molecule has 2 N–H and O–H groups in total. The van der Waals surface area contributed by atoms with E-state index in [1.54, 1.807) is 0 Å². The maximum absolute atomic E-state index is 8.92. The molecule has 0 aliphatic heterocycles. The van der Waals surface area contributed by atoms with Gasteiger partial charge in [0.25, 0.3) is 0 Å². The standard InChI is InChI=1S/C6H10BCl3O2/c8-4-2-1-3(7(11)12)5(9)6(4)10/h3-6,11-12H,1-2H2. The van der Waals surface area contributed by atoms with Gasteiger partial charge >= 0.3 is 7.12 Å². The molecule has 0 aromatic heterocycles. The minimum absolute atomic E-state index is 0.163. The van der Waals surface area contributed by atoms with E-state index in [0.29, 0.717) is 12.8 Å². The average molecular weight is 231 g/mol. The van der Waals surface area contributed by atoms with Crippen molar-refractivity contribution in [2.45, 2.75) is 34.8 Å². The highest BCUT2D eigenvalue weighted by Crippen LogP contribution is 2.39. The molecule has 0 saturated heterocycles. The third kappa shape index (κ3) is 2.21. The molecule has 4 atom stereocenters. The Labute approximate surface area is 86.9 Å². The van der Waals surface area contributed by atoms with Crippen LogP contribution < -0.4 is 0 Å². The highest BCUT2D eigenvalue weighted by Gasteiger charge is 2.41. The first kappa shape index (κ1) is 10.9. The topological polar surface area (TPSA) is 40.5 Å². The summed E-state index contributed by atoms with van der Waals surface area (Å²) in [7, 11) is -1.39. The summed E-state index contributed by atoms with van der Waals surface area (Å²) in [5, 5.41) is 16.8. The van der Waals surface area contributed by atoms with E-state index in [1.807, 2.05) is 0 Å². The second-order valence-corrected chi connectivity index (χ2v) is 4.63. The van der Waals surface area contributed by atoms with Crippen molar-refractivity contribution in [2.24, 2.45) is 0 Å². The van der Waals surface area contributed by atoms with E-state index in [9.17, 15) is 0 Å². The lowest BCUT2D eigenvalue weighted by Crippen LogP contribution is -2.41. The second-order valence-electron chi connectivity index (χ2n) is 3.06. The van der Waals surface area contributed by atoms with Crippen LogP contribution in [0.2, 0.25) is 5.82 Å². The van der Waals surface area contributed by atoms with E-state index in [0.717, 1.165) is 0 Å². The molecule has 1 fully saturated rings. The normalized spacial score (nSPS) is 42.8. The molecule has 0 radical (unpaired) electrons. The van der Waals surface area contributed by atoms with E-state index < -0.39 is 12.5 Å². The molecule has 4 unspecified atom stereocenters. The molecule has 0 heterocycles. The number of rotatable bonds is 1. The van der Waals surface area contributed by atoms with Crippen LogP contribution in [0.5, 0.6) is 0 Å². The summed E-state index contributed by atoms with van der Waals surface area (Å²) in [5.41, 5.74) is 0. The lowest BCUT2D eigenvalue weighted by Gasteiger charge is -2.33. The average Bonchev–Trinajstić information content (AvgIpc) is 2.00. The summed E-state index contributed by atoms with van der Waals surface area (Å²) >= 11 is 17.6. The first-order chi connectivity index (χ1) is 5.54. The zero-order valence-electron chi connectivity index (χ0n) is 6.33. The van der Waals surface area contributed by atoms with Crippen molar-refractivity contribution in [1.82, 2.24) is 0 Å². The van der Waals surface area contributed by atoms with Gasteiger partial charge in [-0.3, -0.25) is 0 Å². The minimum atomic E-state index is -1.39. The smallest absolute Gasteiger partial charge is 0.427 e. The number of halogens is 3. The first-order valence-corrected chi connectivity index (χ1v) is 5.13. The molecule has 1 saturated carbocycles. The molecule has 1 aliphatic carbocycles. The van der Waals surface area contributed by atoms with Gasteiger partial charge < -0.3 is 10.0 Å². The predicted molar refractivity (Wildman–Crippen MR) is 52.1 cm³/mol. The van der Waals surface area contributed by atoms with E-state index in [2.05, 4.69) is 0 Å². The van der Waals surface area contributed by atoms with Gasteiger partial charge in [0.2, 0.25) is 0 Å². The van der Waals surface area contributed by atoms with Gasteiger partial charge in [0, 0.05) is 5.82 Å². The lowest BCUT2D eigenvalue weighted by atomic mass is 9.65. The Morgan fingerprint density at radius 2 is 1.58 bits per heavy atom. The summed E-state index contributed by atoms with van der Waals surface area (Å²) in [4.78, 5) is 0. The zero-order chi connectivity index (χ0) is 9.30. The summed E-state index contributed by atoms with van der Waals surface area (Å²) in [6.07, 6.45) is 1.30. The molecule has 0 amide bonds. The molecule has 12 heavy (non-hydrogen) atoms. The molecule has 0 aromatic rings. The molecule has 0 aromatic carbocycles. The van der Waals surface area contributed by atoms with Gasteiger partial charge in [-0.2, -0.15) is 0 Å². The van der Waals surface area contributed by atoms with Crippen molar-refractivity contribution >= 4 is 41.9 Å². The third-order valence-corrected chi connectivity index (χ3v) is 4.14. The molecule has 6 heteroatoms. The summed E-state index contributed by atoms with van der Waals surface area (Å²) in [6.45, 7) is 0. The van der Waals surface area contributed by atoms with Crippen LogP contribution in [-0.2, 0) is 0 Å². The number of hydrogen-bond acceptors (Lipinski definition) is 2. The number of alkyl halides is 3.